The minimum atomic E-state index is -0.368. The van der Waals surface area contributed by atoms with Gasteiger partial charge in [-0.05, 0) is 53.4 Å². The zero-order valence-electron chi connectivity index (χ0n) is 13.6. The number of hydrogen-bond donors (Lipinski definition) is 1. The number of benzene rings is 1. The summed E-state index contributed by atoms with van der Waals surface area (Å²) in [5.74, 6) is 0.0724. The topological polar surface area (TPSA) is 64.6 Å². The summed E-state index contributed by atoms with van der Waals surface area (Å²) in [6, 6.07) is 9.67. The maximum absolute atomic E-state index is 11.6. The summed E-state index contributed by atoms with van der Waals surface area (Å²) in [6.45, 7) is 2.45. The molecular formula is C18H21NO4S. The number of hydrogen-bond acceptors (Lipinski definition) is 5. The minimum Gasteiger partial charge on any atom is -0.492 e. The van der Waals surface area contributed by atoms with Crippen LogP contribution in [-0.4, -0.2) is 31.6 Å². The lowest BCUT2D eigenvalue weighted by molar-refractivity contribution is -0.148. The van der Waals surface area contributed by atoms with Gasteiger partial charge in [0.1, 0.15) is 12.4 Å². The maximum atomic E-state index is 11.6. The number of amides is 1. The Morgan fingerprint density at radius 3 is 2.88 bits per heavy atom. The molecule has 0 aliphatic heterocycles. The fraction of sp³-hybridized carbons (Fsp3) is 0.333. The molecule has 128 valence electrons. The van der Waals surface area contributed by atoms with Gasteiger partial charge in [-0.25, -0.2) is 0 Å². The largest absolute Gasteiger partial charge is 0.492 e. The number of ether oxygens (including phenoxy) is 2. The lowest BCUT2D eigenvalue weighted by atomic mass is 10.2. The third kappa shape index (κ3) is 6.83. The van der Waals surface area contributed by atoms with Crippen LogP contribution < -0.4 is 10.1 Å². The quantitative estimate of drug-likeness (QED) is 0.559. The maximum Gasteiger partial charge on any atom is 0.306 e. The molecule has 24 heavy (non-hydrogen) atoms. The molecule has 0 saturated carbocycles. The number of rotatable bonds is 9. The second-order valence-corrected chi connectivity index (χ2v) is 6.09. The van der Waals surface area contributed by atoms with Crippen LogP contribution in [0.2, 0.25) is 0 Å². The van der Waals surface area contributed by atoms with E-state index in [1.165, 1.54) is 0 Å². The fourth-order valence-electron chi connectivity index (χ4n) is 2.02. The molecule has 0 spiro atoms. The molecule has 2 aromatic rings. The highest BCUT2D eigenvalue weighted by Crippen LogP contribution is 2.11. The van der Waals surface area contributed by atoms with Crippen LogP contribution in [-0.2, 0) is 20.7 Å². The van der Waals surface area contributed by atoms with Gasteiger partial charge in [0.15, 0.2) is 6.61 Å². The van der Waals surface area contributed by atoms with Crippen LogP contribution in [0, 0.1) is 6.92 Å². The summed E-state index contributed by atoms with van der Waals surface area (Å²) in [5.41, 5.74) is 2.22. The molecule has 0 fully saturated rings. The molecule has 2 rings (SSSR count). The number of carbonyl (C=O) groups is 2. The van der Waals surface area contributed by atoms with E-state index < -0.39 is 0 Å². The Bertz CT molecular complexity index is 655. The van der Waals surface area contributed by atoms with E-state index in [4.69, 9.17) is 9.47 Å². The van der Waals surface area contributed by atoms with Crippen LogP contribution in [0.3, 0.4) is 0 Å². The molecule has 1 N–H and O–H groups in total. The molecule has 1 heterocycles. The summed E-state index contributed by atoms with van der Waals surface area (Å²) < 4.78 is 10.5. The lowest BCUT2D eigenvalue weighted by Crippen LogP contribution is -2.32. The molecule has 1 aromatic carbocycles. The van der Waals surface area contributed by atoms with Crippen molar-refractivity contribution in [1.29, 1.82) is 0 Å². The first-order valence-electron chi connectivity index (χ1n) is 7.76. The van der Waals surface area contributed by atoms with Gasteiger partial charge in [-0.3, -0.25) is 9.59 Å². The number of thiophene rings is 1. The Morgan fingerprint density at radius 1 is 1.25 bits per heavy atom. The van der Waals surface area contributed by atoms with Crippen molar-refractivity contribution in [3.63, 3.8) is 0 Å². The van der Waals surface area contributed by atoms with Gasteiger partial charge in [-0.15, -0.1) is 0 Å². The van der Waals surface area contributed by atoms with Gasteiger partial charge in [-0.2, -0.15) is 11.3 Å². The number of carbonyl (C=O) groups excluding carboxylic acids is 2. The Hall–Kier alpha value is -2.34. The summed E-state index contributed by atoms with van der Waals surface area (Å²) in [7, 11) is 0. The molecule has 0 aliphatic carbocycles. The second-order valence-electron chi connectivity index (χ2n) is 5.31. The molecule has 1 aromatic heterocycles. The summed E-state index contributed by atoms with van der Waals surface area (Å²) in [5, 5.41) is 6.61. The number of aryl methyl sites for hydroxylation is 2. The molecule has 0 bridgehead atoms. The van der Waals surface area contributed by atoms with Crippen LogP contribution in [0.15, 0.2) is 41.1 Å². The van der Waals surface area contributed by atoms with Gasteiger partial charge in [0.2, 0.25) is 0 Å². The van der Waals surface area contributed by atoms with Crippen molar-refractivity contribution in [1.82, 2.24) is 5.32 Å². The van der Waals surface area contributed by atoms with Crippen molar-refractivity contribution in [2.24, 2.45) is 0 Å². The molecule has 0 atom stereocenters. The van der Waals surface area contributed by atoms with Crippen molar-refractivity contribution in [2.75, 3.05) is 19.8 Å². The SMILES string of the molecule is Cc1cccc(OCCNC(=O)COC(=O)CCc2ccsc2)c1. The predicted octanol–water partition coefficient (Wildman–Crippen LogP) is 2.73. The third-order valence-electron chi connectivity index (χ3n) is 3.24. The highest BCUT2D eigenvalue weighted by molar-refractivity contribution is 7.07. The van der Waals surface area contributed by atoms with Gasteiger partial charge in [0, 0.05) is 6.42 Å². The summed E-state index contributed by atoms with van der Waals surface area (Å²) in [4.78, 5) is 23.2. The zero-order valence-corrected chi connectivity index (χ0v) is 14.4. The van der Waals surface area contributed by atoms with E-state index in [1.54, 1.807) is 11.3 Å². The average Bonchev–Trinajstić information content (AvgIpc) is 3.08. The molecule has 0 aliphatic rings. The van der Waals surface area contributed by atoms with Crippen LogP contribution in [0.5, 0.6) is 5.75 Å². The monoisotopic (exact) mass is 347 g/mol. The Balaban J connectivity index is 1.53. The van der Waals surface area contributed by atoms with Gasteiger partial charge < -0.3 is 14.8 Å². The summed E-state index contributed by atoms with van der Waals surface area (Å²) in [6.07, 6.45) is 0.911. The van der Waals surface area contributed by atoms with Crippen molar-refractivity contribution in [2.45, 2.75) is 19.8 Å². The molecule has 0 saturated heterocycles. The van der Waals surface area contributed by atoms with Crippen molar-refractivity contribution in [3.8, 4) is 5.75 Å². The second kappa shape index (κ2) is 9.72. The van der Waals surface area contributed by atoms with Crippen molar-refractivity contribution < 1.29 is 19.1 Å². The van der Waals surface area contributed by atoms with Crippen LogP contribution in [0.25, 0.3) is 0 Å². The van der Waals surface area contributed by atoms with Crippen LogP contribution in [0.1, 0.15) is 17.5 Å². The first-order chi connectivity index (χ1) is 11.6. The Morgan fingerprint density at radius 2 is 2.12 bits per heavy atom. The standard InChI is InChI=1S/C18H21NO4S/c1-14-3-2-4-16(11-14)22-9-8-19-17(20)12-23-18(21)6-5-15-7-10-24-13-15/h2-4,7,10-11,13H,5-6,8-9,12H2,1H3,(H,19,20). The fourth-order valence-corrected chi connectivity index (χ4v) is 2.72. The van der Waals surface area contributed by atoms with Crippen molar-refractivity contribution >= 4 is 23.2 Å². The normalized spacial score (nSPS) is 10.2. The zero-order chi connectivity index (χ0) is 17.2. The Kier molecular flexibility index (Phi) is 7.29. The van der Waals surface area contributed by atoms with E-state index in [0.717, 1.165) is 16.9 Å². The molecule has 5 nitrogen and oxygen atoms in total. The first kappa shape index (κ1) is 18.0. The molecule has 1 amide bonds. The van der Waals surface area contributed by atoms with Crippen molar-refractivity contribution in [3.05, 3.63) is 52.2 Å². The molecular weight excluding hydrogens is 326 g/mol. The smallest absolute Gasteiger partial charge is 0.306 e. The van der Waals surface area contributed by atoms with E-state index in [2.05, 4.69) is 5.32 Å². The van der Waals surface area contributed by atoms with E-state index in [9.17, 15) is 9.59 Å². The van der Waals surface area contributed by atoms with E-state index in [0.29, 0.717) is 19.6 Å². The lowest BCUT2D eigenvalue weighted by Gasteiger charge is -2.08. The van der Waals surface area contributed by atoms with E-state index >= 15 is 0 Å². The first-order valence-corrected chi connectivity index (χ1v) is 8.70. The van der Waals surface area contributed by atoms with Crippen LogP contribution >= 0.6 is 11.3 Å². The highest BCUT2D eigenvalue weighted by Gasteiger charge is 2.08. The van der Waals surface area contributed by atoms with E-state index in [1.807, 2.05) is 48.0 Å². The van der Waals surface area contributed by atoms with Gasteiger partial charge in [0.05, 0.1) is 6.54 Å². The Labute approximate surface area is 145 Å². The molecule has 6 heteroatoms. The average molecular weight is 347 g/mol. The third-order valence-corrected chi connectivity index (χ3v) is 3.98. The van der Waals surface area contributed by atoms with Gasteiger partial charge in [-0.1, -0.05) is 12.1 Å². The predicted molar refractivity (Wildman–Crippen MR) is 93.3 cm³/mol. The molecule has 0 radical (unpaired) electrons. The number of nitrogens with one attached hydrogen (secondary N) is 1. The summed E-state index contributed by atoms with van der Waals surface area (Å²) >= 11 is 1.59. The van der Waals surface area contributed by atoms with E-state index in [-0.39, 0.29) is 24.9 Å². The molecule has 0 unspecified atom stereocenters. The van der Waals surface area contributed by atoms with Gasteiger partial charge >= 0.3 is 5.97 Å². The minimum absolute atomic E-state index is 0.257. The number of esters is 1. The van der Waals surface area contributed by atoms with Crippen LogP contribution in [0.4, 0.5) is 0 Å². The van der Waals surface area contributed by atoms with Gasteiger partial charge in [0.25, 0.3) is 5.91 Å². The highest BCUT2D eigenvalue weighted by atomic mass is 32.1.